The molecule has 0 aliphatic carbocycles. The van der Waals surface area contributed by atoms with E-state index in [0.29, 0.717) is 15.4 Å². The van der Waals surface area contributed by atoms with Gasteiger partial charge < -0.3 is 0 Å². The Labute approximate surface area is 117 Å². The van der Waals surface area contributed by atoms with Gasteiger partial charge in [0, 0.05) is 16.9 Å². The number of carbonyl (C=O) groups excluding carboxylic acids is 1. The number of nitro benzene ring substituents is 1. The molecule has 0 N–H and O–H groups in total. The molecule has 0 spiro atoms. The van der Waals surface area contributed by atoms with Gasteiger partial charge in [-0.2, -0.15) is 9.78 Å². The van der Waals surface area contributed by atoms with Crippen LogP contribution in [0.4, 0.5) is 5.69 Å². The molecule has 0 saturated heterocycles. The van der Waals surface area contributed by atoms with Crippen molar-refractivity contribution in [2.24, 2.45) is 5.41 Å². The maximum atomic E-state index is 12.2. The molecule has 6 nitrogen and oxygen atoms in total. The van der Waals surface area contributed by atoms with Gasteiger partial charge in [0.15, 0.2) is 0 Å². The number of nitro groups is 1. The Hall–Kier alpha value is -1.76. The molecule has 0 fully saturated rings. The van der Waals surface area contributed by atoms with E-state index in [9.17, 15) is 14.9 Å². The standard InChI is InChI=1S/C12H12BrN3O3/c1-12(2,3)11(17)15-9-5-8(13)10(16(18)19)4-7(9)6-14-15/h4-6H,1-3H3. The van der Waals surface area contributed by atoms with Gasteiger partial charge in [-0.15, -0.1) is 0 Å². The lowest BCUT2D eigenvalue weighted by molar-refractivity contribution is -0.385. The molecule has 0 radical (unpaired) electrons. The van der Waals surface area contributed by atoms with Gasteiger partial charge in [0.05, 0.1) is 21.1 Å². The first-order valence-electron chi connectivity index (χ1n) is 5.58. The molecule has 2 aromatic rings. The SMILES string of the molecule is CC(C)(C)C(=O)n1ncc2cc([N+](=O)[O-])c(Br)cc21. The maximum Gasteiger partial charge on any atom is 0.284 e. The van der Waals surface area contributed by atoms with E-state index in [1.165, 1.54) is 16.9 Å². The molecule has 1 heterocycles. The molecule has 0 saturated carbocycles. The van der Waals surface area contributed by atoms with E-state index in [4.69, 9.17) is 0 Å². The van der Waals surface area contributed by atoms with Gasteiger partial charge in [0.25, 0.3) is 11.6 Å². The van der Waals surface area contributed by atoms with Crippen LogP contribution in [0.5, 0.6) is 0 Å². The molecule has 0 aliphatic heterocycles. The van der Waals surface area contributed by atoms with Crippen LogP contribution >= 0.6 is 15.9 Å². The van der Waals surface area contributed by atoms with E-state index in [-0.39, 0.29) is 11.6 Å². The van der Waals surface area contributed by atoms with Crippen molar-refractivity contribution < 1.29 is 9.72 Å². The molecule has 0 amide bonds. The van der Waals surface area contributed by atoms with Crippen molar-refractivity contribution in [2.75, 3.05) is 0 Å². The Bertz CT molecular complexity index is 685. The highest BCUT2D eigenvalue weighted by molar-refractivity contribution is 9.10. The van der Waals surface area contributed by atoms with Crippen molar-refractivity contribution in [3.8, 4) is 0 Å². The van der Waals surface area contributed by atoms with Crippen LogP contribution in [-0.4, -0.2) is 20.6 Å². The van der Waals surface area contributed by atoms with E-state index < -0.39 is 10.3 Å². The summed E-state index contributed by atoms with van der Waals surface area (Å²) < 4.78 is 1.61. The number of halogens is 1. The highest BCUT2D eigenvalue weighted by atomic mass is 79.9. The minimum atomic E-state index is -0.576. The average molecular weight is 326 g/mol. The van der Waals surface area contributed by atoms with Gasteiger partial charge >= 0.3 is 0 Å². The molecule has 0 atom stereocenters. The minimum Gasteiger partial charge on any atom is -0.272 e. The fraction of sp³-hybridized carbons (Fsp3) is 0.333. The third-order valence-corrected chi connectivity index (χ3v) is 3.30. The monoisotopic (exact) mass is 325 g/mol. The van der Waals surface area contributed by atoms with E-state index in [2.05, 4.69) is 21.0 Å². The van der Waals surface area contributed by atoms with Crippen molar-refractivity contribution >= 4 is 38.4 Å². The summed E-state index contributed by atoms with van der Waals surface area (Å²) in [6.07, 6.45) is 1.46. The van der Waals surface area contributed by atoms with Gasteiger partial charge in [0.1, 0.15) is 0 Å². The van der Waals surface area contributed by atoms with Crippen LogP contribution in [0.1, 0.15) is 25.6 Å². The smallest absolute Gasteiger partial charge is 0.272 e. The fourth-order valence-corrected chi connectivity index (χ4v) is 2.13. The first-order chi connectivity index (χ1) is 8.71. The Morgan fingerprint density at radius 2 is 2.05 bits per heavy atom. The largest absolute Gasteiger partial charge is 0.284 e. The fourth-order valence-electron chi connectivity index (χ4n) is 1.66. The topological polar surface area (TPSA) is 78.0 Å². The first kappa shape index (κ1) is 13.7. The number of benzene rings is 1. The molecular weight excluding hydrogens is 314 g/mol. The zero-order chi connectivity index (χ0) is 14.4. The predicted molar refractivity (Wildman–Crippen MR) is 74.2 cm³/mol. The summed E-state index contributed by atoms with van der Waals surface area (Å²) in [5.41, 5.74) is -0.0691. The summed E-state index contributed by atoms with van der Waals surface area (Å²) in [5.74, 6) is -0.164. The number of fused-ring (bicyclic) bond motifs is 1. The molecule has 0 bridgehead atoms. The van der Waals surface area contributed by atoms with Crippen LogP contribution < -0.4 is 0 Å². The zero-order valence-corrected chi connectivity index (χ0v) is 12.3. The number of nitrogens with zero attached hydrogens (tertiary/aromatic N) is 3. The van der Waals surface area contributed by atoms with Crippen molar-refractivity contribution in [3.63, 3.8) is 0 Å². The molecule has 7 heteroatoms. The normalized spacial score (nSPS) is 11.8. The van der Waals surface area contributed by atoms with Crippen molar-refractivity contribution in [3.05, 3.63) is 32.9 Å². The van der Waals surface area contributed by atoms with Gasteiger partial charge in [0.2, 0.25) is 0 Å². The Morgan fingerprint density at radius 1 is 1.42 bits per heavy atom. The van der Waals surface area contributed by atoms with Gasteiger partial charge in [-0.25, -0.2) is 0 Å². The molecule has 1 aromatic carbocycles. The number of hydrogen-bond acceptors (Lipinski definition) is 4. The van der Waals surface area contributed by atoms with Crippen LogP contribution in [0, 0.1) is 15.5 Å². The lowest BCUT2D eigenvalue weighted by Crippen LogP contribution is -2.27. The average Bonchev–Trinajstić information content (AvgIpc) is 2.67. The van der Waals surface area contributed by atoms with Crippen LogP contribution in [0.25, 0.3) is 10.9 Å². The van der Waals surface area contributed by atoms with E-state index in [1.54, 1.807) is 26.8 Å². The highest BCUT2D eigenvalue weighted by Crippen LogP contribution is 2.31. The summed E-state index contributed by atoms with van der Waals surface area (Å²) in [5, 5.41) is 15.4. The van der Waals surface area contributed by atoms with Gasteiger partial charge in [-0.3, -0.25) is 14.9 Å². The lowest BCUT2D eigenvalue weighted by atomic mass is 9.96. The summed E-state index contributed by atoms with van der Waals surface area (Å²) in [6, 6.07) is 2.95. The Morgan fingerprint density at radius 3 is 2.58 bits per heavy atom. The van der Waals surface area contributed by atoms with Gasteiger partial charge in [-0.05, 0) is 22.0 Å². The van der Waals surface area contributed by atoms with Crippen molar-refractivity contribution in [2.45, 2.75) is 20.8 Å². The molecule has 19 heavy (non-hydrogen) atoms. The third kappa shape index (κ3) is 2.37. The molecule has 0 unspecified atom stereocenters. The molecule has 1 aromatic heterocycles. The zero-order valence-electron chi connectivity index (χ0n) is 10.7. The quantitative estimate of drug-likeness (QED) is 0.594. The first-order valence-corrected chi connectivity index (χ1v) is 6.37. The van der Waals surface area contributed by atoms with E-state index in [0.717, 1.165) is 0 Å². The second-order valence-electron chi connectivity index (χ2n) is 5.23. The molecular formula is C12H12BrN3O3. The number of carbonyl (C=O) groups is 1. The summed E-state index contributed by atoms with van der Waals surface area (Å²) in [4.78, 5) is 22.6. The second kappa shape index (κ2) is 4.41. The molecule has 0 aliphatic rings. The Balaban J connectivity index is 2.65. The third-order valence-electron chi connectivity index (χ3n) is 2.67. The molecule has 100 valence electrons. The van der Waals surface area contributed by atoms with E-state index >= 15 is 0 Å². The maximum absolute atomic E-state index is 12.2. The summed E-state index contributed by atoms with van der Waals surface area (Å²) >= 11 is 3.14. The number of aromatic nitrogens is 2. The molecule has 2 rings (SSSR count). The summed E-state index contributed by atoms with van der Waals surface area (Å²) in [6.45, 7) is 5.38. The van der Waals surface area contributed by atoms with Crippen molar-refractivity contribution in [1.82, 2.24) is 9.78 Å². The Kier molecular flexibility index (Phi) is 3.17. The van der Waals surface area contributed by atoms with Gasteiger partial charge in [-0.1, -0.05) is 20.8 Å². The summed E-state index contributed by atoms with van der Waals surface area (Å²) in [7, 11) is 0. The highest BCUT2D eigenvalue weighted by Gasteiger charge is 2.26. The minimum absolute atomic E-state index is 0.0461. The lowest BCUT2D eigenvalue weighted by Gasteiger charge is -2.16. The van der Waals surface area contributed by atoms with Crippen LogP contribution in [-0.2, 0) is 0 Å². The number of rotatable bonds is 1. The van der Waals surface area contributed by atoms with Crippen LogP contribution in [0.3, 0.4) is 0 Å². The van der Waals surface area contributed by atoms with Crippen LogP contribution in [0.2, 0.25) is 0 Å². The van der Waals surface area contributed by atoms with Crippen LogP contribution in [0.15, 0.2) is 22.8 Å². The number of hydrogen-bond donors (Lipinski definition) is 0. The second-order valence-corrected chi connectivity index (χ2v) is 6.09. The predicted octanol–water partition coefficient (Wildman–Crippen LogP) is 3.39. The van der Waals surface area contributed by atoms with E-state index in [1.807, 2.05) is 0 Å². The van der Waals surface area contributed by atoms with Crippen molar-refractivity contribution in [1.29, 1.82) is 0 Å².